The Morgan fingerprint density at radius 2 is 1.24 bits per heavy atom. The van der Waals surface area contributed by atoms with Gasteiger partial charge in [0, 0.05) is 16.3 Å². The summed E-state index contributed by atoms with van der Waals surface area (Å²) < 4.78 is 2.39. The summed E-state index contributed by atoms with van der Waals surface area (Å²) in [7, 11) is 0. The molecule has 0 fully saturated rings. The Morgan fingerprint density at radius 3 is 2.17 bits per heavy atom. The Kier molecular flexibility index (Phi) is 4.71. The van der Waals surface area contributed by atoms with E-state index >= 15 is 0 Å². The average Bonchev–Trinajstić information content (AvgIpc) is 3.62. The first kappa shape index (κ1) is 22.5. The summed E-state index contributed by atoms with van der Waals surface area (Å²) in [5.74, 6) is 0.857. The third kappa shape index (κ3) is 3.31. The number of hydrogen-bond acceptors (Lipinski definition) is 5. The van der Waals surface area contributed by atoms with E-state index in [1.54, 1.807) is 11.3 Å². The highest BCUT2D eigenvalue weighted by Gasteiger charge is 2.28. The summed E-state index contributed by atoms with van der Waals surface area (Å²) >= 11 is 1.61. The van der Waals surface area contributed by atoms with Crippen LogP contribution in [-0.2, 0) is 0 Å². The minimum atomic E-state index is 0.829. The van der Waals surface area contributed by atoms with Gasteiger partial charge in [-0.15, -0.1) is 0 Å². The fourth-order valence-corrected chi connectivity index (χ4v) is 6.95. The molecule has 0 amide bonds. The molecule has 6 heteroatoms. The van der Waals surface area contributed by atoms with Crippen molar-refractivity contribution in [3.8, 4) is 27.6 Å². The maximum absolute atomic E-state index is 5.19. The van der Waals surface area contributed by atoms with Crippen LogP contribution in [0, 0.1) is 0 Å². The normalized spacial score (nSPS) is 12.3. The Hall–Kier alpha value is -5.33. The molecule has 8 aromatic rings. The zero-order valence-electron chi connectivity index (χ0n) is 21.8. The molecule has 5 heterocycles. The Bertz CT molecular complexity index is 2280. The van der Waals surface area contributed by atoms with Gasteiger partial charge in [-0.2, -0.15) is 0 Å². The van der Waals surface area contributed by atoms with Crippen molar-refractivity contribution in [3.63, 3.8) is 0 Å². The highest BCUT2D eigenvalue weighted by molar-refractivity contribution is 7.21. The molecule has 4 aromatic heterocycles. The van der Waals surface area contributed by atoms with Crippen LogP contribution < -0.4 is 4.90 Å². The first-order valence-electron chi connectivity index (χ1n) is 13.6. The highest BCUT2D eigenvalue weighted by atomic mass is 32.1. The van der Waals surface area contributed by atoms with E-state index in [2.05, 4.69) is 100 Å². The molecule has 1 aliphatic heterocycles. The van der Waals surface area contributed by atoms with Gasteiger partial charge in [-0.25, -0.2) is 15.0 Å². The first-order chi connectivity index (χ1) is 20.3. The number of hydrogen-bond donors (Lipinski definition) is 0. The third-order valence-corrected chi connectivity index (χ3v) is 8.79. The van der Waals surface area contributed by atoms with E-state index in [1.807, 2.05) is 36.4 Å². The molecule has 192 valence electrons. The van der Waals surface area contributed by atoms with Crippen molar-refractivity contribution in [2.24, 2.45) is 0 Å². The second-order valence-electron chi connectivity index (χ2n) is 10.1. The number of anilines is 3. The molecule has 0 aliphatic carbocycles. The molecule has 1 aliphatic rings. The van der Waals surface area contributed by atoms with Crippen molar-refractivity contribution < 1.29 is 0 Å². The smallest absolute Gasteiger partial charge is 0.144 e. The van der Waals surface area contributed by atoms with Crippen LogP contribution in [0.4, 0.5) is 17.2 Å². The predicted molar refractivity (Wildman–Crippen MR) is 169 cm³/mol. The van der Waals surface area contributed by atoms with Gasteiger partial charge in [0.1, 0.15) is 21.2 Å². The summed E-state index contributed by atoms with van der Waals surface area (Å²) in [5, 5.41) is 3.46. The number of aromatic nitrogens is 4. The minimum absolute atomic E-state index is 0.829. The maximum atomic E-state index is 5.19. The zero-order valence-corrected chi connectivity index (χ0v) is 22.6. The number of nitrogens with zero attached hydrogens (tertiary/aromatic N) is 5. The topological polar surface area (TPSA) is 46.8 Å². The lowest BCUT2D eigenvalue weighted by atomic mass is 10.1. The molecule has 9 rings (SSSR count). The van der Waals surface area contributed by atoms with Gasteiger partial charge >= 0.3 is 0 Å². The largest absolute Gasteiger partial charge is 0.305 e. The van der Waals surface area contributed by atoms with Crippen LogP contribution in [0.3, 0.4) is 0 Å². The van der Waals surface area contributed by atoms with Crippen LogP contribution in [0.15, 0.2) is 127 Å². The molecule has 0 spiro atoms. The quantitative estimate of drug-likeness (QED) is 0.223. The van der Waals surface area contributed by atoms with Crippen LogP contribution in [0.1, 0.15) is 0 Å². The SMILES string of the molecule is c1ccc(-c2nc3ccc(-c4cccc(N5c6ccccc6-n6c7ccccc7c7cccc5c76)n4)nc3s2)cc1. The molecule has 0 bridgehead atoms. The van der Waals surface area contributed by atoms with E-state index in [-0.39, 0.29) is 0 Å². The van der Waals surface area contributed by atoms with Gasteiger partial charge in [0.15, 0.2) is 0 Å². The fraction of sp³-hybridized carbons (Fsp3) is 0. The van der Waals surface area contributed by atoms with Gasteiger partial charge in [0.2, 0.25) is 0 Å². The van der Waals surface area contributed by atoms with Gasteiger partial charge in [-0.3, -0.25) is 4.90 Å². The van der Waals surface area contributed by atoms with Crippen LogP contribution in [0.2, 0.25) is 0 Å². The molecule has 0 radical (unpaired) electrons. The van der Waals surface area contributed by atoms with Gasteiger partial charge in [-0.05, 0) is 48.5 Å². The number of benzene rings is 4. The number of para-hydroxylation sites is 4. The van der Waals surface area contributed by atoms with E-state index in [9.17, 15) is 0 Å². The number of pyridine rings is 2. The first-order valence-corrected chi connectivity index (χ1v) is 14.4. The van der Waals surface area contributed by atoms with Gasteiger partial charge in [0.25, 0.3) is 0 Å². The van der Waals surface area contributed by atoms with Crippen molar-refractivity contribution in [1.29, 1.82) is 0 Å². The summed E-state index contributed by atoms with van der Waals surface area (Å²) in [6.45, 7) is 0. The third-order valence-electron chi connectivity index (χ3n) is 7.78. The lowest BCUT2D eigenvalue weighted by Gasteiger charge is -2.32. The summed E-state index contributed by atoms with van der Waals surface area (Å²) in [6.07, 6.45) is 0. The van der Waals surface area contributed by atoms with E-state index in [0.717, 1.165) is 55.2 Å². The lowest BCUT2D eigenvalue weighted by Crippen LogP contribution is -2.19. The molecule has 41 heavy (non-hydrogen) atoms. The van der Waals surface area contributed by atoms with E-state index < -0.39 is 0 Å². The van der Waals surface area contributed by atoms with Crippen molar-refractivity contribution in [2.45, 2.75) is 0 Å². The van der Waals surface area contributed by atoms with E-state index in [1.165, 1.54) is 21.8 Å². The Balaban J connectivity index is 1.21. The molecule has 4 aromatic carbocycles. The summed E-state index contributed by atoms with van der Waals surface area (Å²) in [4.78, 5) is 18.2. The van der Waals surface area contributed by atoms with E-state index in [0.29, 0.717) is 0 Å². The average molecular weight is 544 g/mol. The Labute approximate surface area is 239 Å². The molecular formula is C35H21N5S. The zero-order chi connectivity index (χ0) is 26.9. The van der Waals surface area contributed by atoms with Crippen LogP contribution in [0.5, 0.6) is 0 Å². The molecule has 5 nitrogen and oxygen atoms in total. The van der Waals surface area contributed by atoms with Crippen molar-refractivity contribution in [2.75, 3.05) is 4.90 Å². The van der Waals surface area contributed by atoms with Gasteiger partial charge in [-0.1, -0.05) is 90.2 Å². The van der Waals surface area contributed by atoms with Crippen molar-refractivity contribution in [3.05, 3.63) is 127 Å². The second-order valence-corrected chi connectivity index (χ2v) is 11.1. The van der Waals surface area contributed by atoms with E-state index in [4.69, 9.17) is 15.0 Å². The molecule has 0 unspecified atom stereocenters. The maximum Gasteiger partial charge on any atom is 0.144 e. The van der Waals surface area contributed by atoms with Crippen LogP contribution in [-0.4, -0.2) is 19.5 Å². The van der Waals surface area contributed by atoms with Crippen LogP contribution >= 0.6 is 11.3 Å². The number of thiazole rings is 1. The summed E-state index contributed by atoms with van der Waals surface area (Å²) in [5.41, 5.74) is 9.42. The molecule has 0 atom stereocenters. The summed E-state index contributed by atoms with van der Waals surface area (Å²) in [6, 6.07) is 44.2. The van der Waals surface area contributed by atoms with Crippen molar-refractivity contribution in [1.82, 2.24) is 19.5 Å². The molecule has 0 saturated heterocycles. The monoisotopic (exact) mass is 543 g/mol. The van der Waals surface area contributed by atoms with Crippen molar-refractivity contribution >= 4 is 60.7 Å². The number of fused-ring (bicyclic) bond motifs is 6. The standard InChI is InChI=1S/C35H21N5S/c1-2-10-22(11-3-1)34-38-27-21-20-26(37-35(27)41-34)25-14-9-19-32(36-25)39-29-16-6-7-17-30(29)40-28-15-5-4-12-23(28)24-13-8-18-31(39)33(24)40/h1-21H. The van der Waals surface area contributed by atoms with Gasteiger partial charge < -0.3 is 4.57 Å². The second kappa shape index (κ2) is 8.58. The lowest BCUT2D eigenvalue weighted by molar-refractivity contribution is 1.09. The molecular weight excluding hydrogens is 522 g/mol. The molecule has 0 saturated carbocycles. The Morgan fingerprint density at radius 1 is 0.512 bits per heavy atom. The fourth-order valence-electron chi connectivity index (χ4n) is 6.00. The number of rotatable bonds is 3. The minimum Gasteiger partial charge on any atom is -0.305 e. The van der Waals surface area contributed by atoms with Gasteiger partial charge in [0.05, 0.1) is 39.5 Å². The predicted octanol–water partition coefficient (Wildman–Crippen LogP) is 9.30. The molecule has 0 N–H and O–H groups in total. The highest BCUT2D eigenvalue weighted by Crippen LogP contribution is 2.49. The van der Waals surface area contributed by atoms with Crippen LogP contribution in [0.25, 0.3) is 59.8 Å².